The Bertz CT molecular complexity index is 160. The average molecular weight is 204 g/mol. The maximum atomic E-state index is 9.59. The Hall–Kier alpha value is -0.120. The third-order valence-corrected chi connectivity index (χ3v) is 2.11. The van der Waals surface area contributed by atoms with Crippen LogP contribution in [0.3, 0.4) is 0 Å². The van der Waals surface area contributed by atoms with Crippen LogP contribution < -0.4 is 0 Å². The lowest BCUT2D eigenvalue weighted by molar-refractivity contribution is -0.413. The summed E-state index contributed by atoms with van der Waals surface area (Å²) in [5.74, 6) is 0. The molecule has 3 heteroatoms. The van der Waals surface area contributed by atoms with Crippen molar-refractivity contribution in [3.05, 3.63) is 0 Å². The standard InChI is InChI=1S/C11H24O3/c1-7-8-11(6,9(2)12)14-13-10(3,4)5/h9,12H,7-8H2,1-6H3. The molecule has 0 fully saturated rings. The van der Waals surface area contributed by atoms with Crippen molar-refractivity contribution in [3.63, 3.8) is 0 Å². The van der Waals surface area contributed by atoms with Crippen molar-refractivity contribution in [3.8, 4) is 0 Å². The van der Waals surface area contributed by atoms with Crippen molar-refractivity contribution in [2.75, 3.05) is 0 Å². The molecule has 0 aliphatic rings. The van der Waals surface area contributed by atoms with Crippen molar-refractivity contribution >= 4 is 0 Å². The van der Waals surface area contributed by atoms with Gasteiger partial charge in [-0.2, -0.15) is 0 Å². The van der Waals surface area contributed by atoms with Gasteiger partial charge >= 0.3 is 0 Å². The number of aliphatic hydroxyl groups excluding tert-OH is 1. The van der Waals surface area contributed by atoms with Crippen LogP contribution in [0, 0.1) is 0 Å². The quantitative estimate of drug-likeness (QED) is 0.552. The summed E-state index contributed by atoms with van der Waals surface area (Å²) in [7, 11) is 0. The first-order valence-electron chi connectivity index (χ1n) is 5.26. The van der Waals surface area contributed by atoms with Gasteiger partial charge in [-0.05, 0) is 41.0 Å². The molecule has 0 rings (SSSR count). The summed E-state index contributed by atoms with van der Waals surface area (Å²) >= 11 is 0. The Balaban J connectivity index is 4.24. The summed E-state index contributed by atoms with van der Waals surface area (Å²) in [4.78, 5) is 10.6. The van der Waals surface area contributed by atoms with Crippen LogP contribution in [0.2, 0.25) is 0 Å². The van der Waals surface area contributed by atoms with Gasteiger partial charge in [-0.25, -0.2) is 9.78 Å². The third-order valence-electron chi connectivity index (χ3n) is 2.11. The van der Waals surface area contributed by atoms with Gasteiger partial charge in [0.05, 0.1) is 11.7 Å². The number of rotatable bonds is 5. The van der Waals surface area contributed by atoms with Crippen LogP contribution in [0.1, 0.15) is 54.4 Å². The first-order chi connectivity index (χ1) is 6.21. The number of hydrogen-bond donors (Lipinski definition) is 1. The summed E-state index contributed by atoms with van der Waals surface area (Å²) in [5.41, 5.74) is -0.952. The molecular formula is C11H24O3. The van der Waals surface area contributed by atoms with E-state index < -0.39 is 11.7 Å². The van der Waals surface area contributed by atoms with Gasteiger partial charge in [-0.1, -0.05) is 13.3 Å². The smallest absolute Gasteiger partial charge is 0.126 e. The van der Waals surface area contributed by atoms with Crippen molar-refractivity contribution in [2.45, 2.75) is 71.7 Å². The van der Waals surface area contributed by atoms with Gasteiger partial charge < -0.3 is 5.11 Å². The Morgan fingerprint density at radius 1 is 1.14 bits per heavy atom. The number of hydrogen-bond acceptors (Lipinski definition) is 3. The molecule has 0 aromatic heterocycles. The maximum Gasteiger partial charge on any atom is 0.126 e. The molecule has 0 aliphatic heterocycles. The molecule has 0 radical (unpaired) electrons. The van der Waals surface area contributed by atoms with E-state index in [0.717, 1.165) is 12.8 Å². The van der Waals surface area contributed by atoms with Crippen LogP contribution in [0.4, 0.5) is 0 Å². The van der Waals surface area contributed by atoms with Crippen molar-refractivity contribution < 1.29 is 14.9 Å². The van der Waals surface area contributed by atoms with Crippen LogP contribution in [0.15, 0.2) is 0 Å². The SMILES string of the molecule is CCCC(C)(OOC(C)(C)C)C(C)O. The van der Waals surface area contributed by atoms with E-state index >= 15 is 0 Å². The highest BCUT2D eigenvalue weighted by Crippen LogP contribution is 2.24. The second kappa shape index (κ2) is 5.10. The van der Waals surface area contributed by atoms with Gasteiger partial charge in [0.25, 0.3) is 0 Å². The van der Waals surface area contributed by atoms with Crippen LogP contribution in [0.5, 0.6) is 0 Å². The summed E-state index contributed by atoms with van der Waals surface area (Å²) < 4.78 is 0. The highest BCUT2D eigenvalue weighted by Gasteiger charge is 2.33. The predicted octanol–water partition coefficient (Wildman–Crippen LogP) is 2.67. The number of aliphatic hydroxyl groups is 1. The Morgan fingerprint density at radius 3 is 1.93 bits per heavy atom. The second-order valence-corrected chi connectivity index (χ2v) is 5.02. The molecule has 3 nitrogen and oxygen atoms in total. The molecule has 86 valence electrons. The van der Waals surface area contributed by atoms with Gasteiger partial charge in [0.2, 0.25) is 0 Å². The Morgan fingerprint density at radius 2 is 1.64 bits per heavy atom. The molecule has 0 aromatic carbocycles. The summed E-state index contributed by atoms with van der Waals surface area (Å²) in [6.45, 7) is 11.4. The van der Waals surface area contributed by atoms with E-state index in [0.29, 0.717) is 0 Å². The molecule has 0 amide bonds. The molecule has 2 unspecified atom stereocenters. The van der Waals surface area contributed by atoms with E-state index in [-0.39, 0.29) is 5.60 Å². The maximum absolute atomic E-state index is 9.59. The van der Waals surface area contributed by atoms with E-state index in [1.165, 1.54) is 0 Å². The predicted molar refractivity (Wildman–Crippen MR) is 56.9 cm³/mol. The van der Waals surface area contributed by atoms with Crippen LogP contribution >= 0.6 is 0 Å². The molecule has 0 spiro atoms. The molecule has 0 heterocycles. The van der Waals surface area contributed by atoms with Gasteiger partial charge in [-0.15, -0.1) is 0 Å². The highest BCUT2D eigenvalue weighted by atomic mass is 17.2. The minimum atomic E-state index is -0.609. The minimum Gasteiger partial charge on any atom is -0.390 e. The fourth-order valence-corrected chi connectivity index (χ4v) is 1.04. The summed E-state index contributed by atoms with van der Waals surface area (Å²) in [5, 5.41) is 9.59. The fraction of sp³-hybridized carbons (Fsp3) is 1.00. The second-order valence-electron chi connectivity index (χ2n) is 5.02. The lowest BCUT2D eigenvalue weighted by atomic mass is 9.95. The van der Waals surface area contributed by atoms with Gasteiger partial charge in [0.1, 0.15) is 5.60 Å². The van der Waals surface area contributed by atoms with Crippen molar-refractivity contribution in [2.24, 2.45) is 0 Å². The van der Waals surface area contributed by atoms with E-state index in [1.54, 1.807) is 6.92 Å². The third kappa shape index (κ3) is 4.94. The molecule has 0 saturated carbocycles. The van der Waals surface area contributed by atoms with E-state index in [1.807, 2.05) is 27.7 Å². The molecular weight excluding hydrogens is 180 g/mol. The van der Waals surface area contributed by atoms with Crippen LogP contribution in [0.25, 0.3) is 0 Å². The van der Waals surface area contributed by atoms with E-state index in [2.05, 4.69) is 6.92 Å². The Labute approximate surface area is 87.3 Å². The van der Waals surface area contributed by atoms with Gasteiger partial charge in [-0.3, -0.25) is 0 Å². The molecule has 14 heavy (non-hydrogen) atoms. The fourth-order valence-electron chi connectivity index (χ4n) is 1.04. The minimum absolute atomic E-state index is 0.343. The zero-order valence-electron chi connectivity index (χ0n) is 10.3. The zero-order valence-corrected chi connectivity index (χ0v) is 10.3. The molecule has 0 saturated heterocycles. The first-order valence-corrected chi connectivity index (χ1v) is 5.26. The topological polar surface area (TPSA) is 38.7 Å². The molecule has 0 aromatic rings. The lowest BCUT2D eigenvalue weighted by Gasteiger charge is -2.33. The normalized spacial score (nSPS) is 19.1. The molecule has 0 aliphatic carbocycles. The average Bonchev–Trinajstić information content (AvgIpc) is 2.00. The van der Waals surface area contributed by atoms with Gasteiger partial charge in [0, 0.05) is 0 Å². The van der Waals surface area contributed by atoms with Crippen LogP contribution in [-0.2, 0) is 9.78 Å². The Kier molecular flexibility index (Phi) is 5.06. The zero-order chi connectivity index (χ0) is 11.4. The largest absolute Gasteiger partial charge is 0.390 e. The van der Waals surface area contributed by atoms with Crippen LogP contribution in [-0.4, -0.2) is 22.4 Å². The van der Waals surface area contributed by atoms with Crippen molar-refractivity contribution in [1.29, 1.82) is 0 Å². The molecule has 2 atom stereocenters. The summed E-state index contributed by atoms with van der Waals surface area (Å²) in [6.07, 6.45) is 1.19. The van der Waals surface area contributed by atoms with Crippen molar-refractivity contribution in [1.82, 2.24) is 0 Å². The van der Waals surface area contributed by atoms with E-state index in [4.69, 9.17) is 9.78 Å². The first kappa shape index (κ1) is 13.9. The highest BCUT2D eigenvalue weighted by molar-refractivity contribution is 4.79. The van der Waals surface area contributed by atoms with Gasteiger partial charge in [0.15, 0.2) is 0 Å². The monoisotopic (exact) mass is 204 g/mol. The lowest BCUT2D eigenvalue weighted by Crippen LogP contribution is -2.42. The summed E-state index contributed by atoms with van der Waals surface area (Å²) in [6, 6.07) is 0. The van der Waals surface area contributed by atoms with E-state index in [9.17, 15) is 5.11 Å². The molecule has 0 bridgehead atoms. The molecule has 1 N–H and O–H groups in total.